The molecule has 0 aliphatic heterocycles. The van der Waals surface area contributed by atoms with Gasteiger partial charge in [0.25, 0.3) is 5.91 Å². The van der Waals surface area contributed by atoms with Gasteiger partial charge in [0.1, 0.15) is 11.5 Å². The Hall–Kier alpha value is -2.36. The SMILES string of the molecule is CCCNC(=O)c1cncc(Oc2ccc(C)cc2)c1. The van der Waals surface area contributed by atoms with Crippen LogP contribution in [0.1, 0.15) is 29.3 Å². The Morgan fingerprint density at radius 3 is 2.65 bits per heavy atom. The number of aryl methyl sites for hydroxylation is 1. The summed E-state index contributed by atoms with van der Waals surface area (Å²) in [5, 5.41) is 2.81. The van der Waals surface area contributed by atoms with Crippen molar-refractivity contribution in [3.63, 3.8) is 0 Å². The molecular weight excluding hydrogens is 252 g/mol. The first-order chi connectivity index (χ1) is 9.69. The monoisotopic (exact) mass is 270 g/mol. The van der Waals surface area contributed by atoms with Crippen LogP contribution >= 0.6 is 0 Å². The van der Waals surface area contributed by atoms with Crippen molar-refractivity contribution in [2.45, 2.75) is 20.3 Å². The minimum Gasteiger partial charge on any atom is -0.456 e. The molecule has 0 spiro atoms. The zero-order chi connectivity index (χ0) is 14.4. The van der Waals surface area contributed by atoms with Crippen molar-refractivity contribution >= 4 is 5.91 Å². The lowest BCUT2D eigenvalue weighted by atomic mass is 10.2. The van der Waals surface area contributed by atoms with E-state index in [2.05, 4.69) is 10.3 Å². The third kappa shape index (κ3) is 3.82. The van der Waals surface area contributed by atoms with Crippen LogP contribution in [0.2, 0.25) is 0 Å². The Kier molecular flexibility index (Phi) is 4.71. The predicted octanol–water partition coefficient (Wildman–Crippen LogP) is 3.32. The molecule has 2 rings (SSSR count). The lowest BCUT2D eigenvalue weighted by Crippen LogP contribution is -2.24. The van der Waals surface area contributed by atoms with Gasteiger partial charge in [0.2, 0.25) is 0 Å². The molecule has 20 heavy (non-hydrogen) atoms. The van der Waals surface area contributed by atoms with Crippen molar-refractivity contribution in [1.82, 2.24) is 10.3 Å². The van der Waals surface area contributed by atoms with Gasteiger partial charge in [-0.2, -0.15) is 0 Å². The number of ether oxygens (including phenoxy) is 1. The van der Waals surface area contributed by atoms with Gasteiger partial charge in [0, 0.05) is 12.7 Å². The normalized spacial score (nSPS) is 10.1. The molecule has 0 radical (unpaired) electrons. The van der Waals surface area contributed by atoms with Crippen molar-refractivity contribution in [2.24, 2.45) is 0 Å². The van der Waals surface area contributed by atoms with Crippen LogP contribution in [-0.2, 0) is 0 Å². The molecule has 0 bridgehead atoms. The second-order valence-corrected chi connectivity index (χ2v) is 4.58. The highest BCUT2D eigenvalue weighted by Gasteiger charge is 2.07. The summed E-state index contributed by atoms with van der Waals surface area (Å²) in [5.74, 6) is 1.15. The van der Waals surface area contributed by atoms with Crippen LogP contribution in [0.3, 0.4) is 0 Å². The lowest BCUT2D eigenvalue weighted by molar-refractivity contribution is 0.0953. The third-order valence-electron chi connectivity index (χ3n) is 2.77. The van der Waals surface area contributed by atoms with E-state index in [1.165, 1.54) is 11.8 Å². The minimum absolute atomic E-state index is 0.131. The van der Waals surface area contributed by atoms with E-state index in [0.29, 0.717) is 17.9 Å². The molecule has 4 nitrogen and oxygen atoms in total. The summed E-state index contributed by atoms with van der Waals surface area (Å²) in [6.07, 6.45) is 4.03. The fourth-order valence-corrected chi connectivity index (χ4v) is 1.68. The van der Waals surface area contributed by atoms with E-state index in [1.807, 2.05) is 38.1 Å². The lowest BCUT2D eigenvalue weighted by Gasteiger charge is -2.07. The number of nitrogens with zero attached hydrogens (tertiary/aromatic N) is 1. The highest BCUT2D eigenvalue weighted by atomic mass is 16.5. The van der Waals surface area contributed by atoms with E-state index in [4.69, 9.17) is 4.74 Å². The number of rotatable bonds is 5. The zero-order valence-corrected chi connectivity index (χ0v) is 11.7. The van der Waals surface area contributed by atoms with Crippen LogP contribution in [0, 0.1) is 6.92 Å². The van der Waals surface area contributed by atoms with Crippen LogP contribution < -0.4 is 10.1 Å². The molecular formula is C16H18N2O2. The van der Waals surface area contributed by atoms with Crippen LogP contribution in [-0.4, -0.2) is 17.4 Å². The van der Waals surface area contributed by atoms with E-state index in [1.54, 1.807) is 12.3 Å². The van der Waals surface area contributed by atoms with Gasteiger partial charge in [-0.1, -0.05) is 24.6 Å². The molecule has 0 saturated heterocycles. The average molecular weight is 270 g/mol. The first-order valence-corrected chi connectivity index (χ1v) is 6.67. The van der Waals surface area contributed by atoms with Gasteiger partial charge in [0.05, 0.1) is 11.8 Å². The molecule has 104 valence electrons. The second-order valence-electron chi connectivity index (χ2n) is 4.58. The summed E-state index contributed by atoms with van der Waals surface area (Å²) < 4.78 is 5.69. The van der Waals surface area contributed by atoms with Crippen LogP contribution in [0.25, 0.3) is 0 Å². The van der Waals surface area contributed by atoms with Gasteiger partial charge in [-0.25, -0.2) is 0 Å². The number of pyridine rings is 1. The Balaban J connectivity index is 2.09. The molecule has 0 aliphatic rings. The Morgan fingerprint density at radius 1 is 1.20 bits per heavy atom. The van der Waals surface area contributed by atoms with Crippen LogP contribution in [0.5, 0.6) is 11.5 Å². The van der Waals surface area contributed by atoms with Crippen molar-refractivity contribution in [2.75, 3.05) is 6.54 Å². The van der Waals surface area contributed by atoms with Gasteiger partial charge >= 0.3 is 0 Å². The molecule has 1 heterocycles. The topological polar surface area (TPSA) is 51.2 Å². The Bertz CT molecular complexity index is 579. The number of hydrogen-bond acceptors (Lipinski definition) is 3. The van der Waals surface area contributed by atoms with Gasteiger partial charge in [0.15, 0.2) is 0 Å². The van der Waals surface area contributed by atoms with Crippen molar-refractivity contribution in [3.05, 3.63) is 53.9 Å². The van der Waals surface area contributed by atoms with E-state index < -0.39 is 0 Å². The fourth-order valence-electron chi connectivity index (χ4n) is 1.68. The summed E-state index contributed by atoms with van der Waals surface area (Å²) in [7, 11) is 0. The van der Waals surface area contributed by atoms with Gasteiger partial charge in [-0.05, 0) is 31.5 Å². The van der Waals surface area contributed by atoms with Crippen molar-refractivity contribution in [1.29, 1.82) is 0 Å². The molecule has 1 aromatic carbocycles. The molecule has 2 aromatic rings. The summed E-state index contributed by atoms with van der Waals surface area (Å²) in [4.78, 5) is 15.9. The molecule has 0 saturated carbocycles. The van der Waals surface area contributed by atoms with Gasteiger partial charge < -0.3 is 10.1 Å². The molecule has 1 amide bonds. The van der Waals surface area contributed by atoms with Gasteiger partial charge in [-0.3, -0.25) is 9.78 Å². The average Bonchev–Trinajstić information content (AvgIpc) is 2.47. The summed E-state index contributed by atoms with van der Waals surface area (Å²) >= 11 is 0. The number of carbonyl (C=O) groups is 1. The number of amides is 1. The summed E-state index contributed by atoms with van der Waals surface area (Å²) in [5.41, 5.74) is 1.67. The molecule has 0 unspecified atom stereocenters. The first-order valence-electron chi connectivity index (χ1n) is 6.67. The Morgan fingerprint density at radius 2 is 1.95 bits per heavy atom. The minimum atomic E-state index is -0.131. The number of nitrogens with one attached hydrogen (secondary N) is 1. The van der Waals surface area contributed by atoms with Crippen LogP contribution in [0.4, 0.5) is 0 Å². The number of aromatic nitrogens is 1. The van der Waals surface area contributed by atoms with E-state index in [0.717, 1.165) is 12.2 Å². The fraction of sp³-hybridized carbons (Fsp3) is 0.250. The maximum absolute atomic E-state index is 11.8. The van der Waals surface area contributed by atoms with E-state index in [9.17, 15) is 4.79 Å². The summed E-state index contributed by atoms with van der Waals surface area (Å²) in [6.45, 7) is 4.68. The van der Waals surface area contributed by atoms with Crippen molar-refractivity contribution < 1.29 is 9.53 Å². The summed E-state index contributed by atoms with van der Waals surface area (Å²) in [6, 6.07) is 9.41. The standard InChI is InChI=1S/C16H18N2O2/c1-3-8-18-16(19)13-9-15(11-17-10-13)20-14-6-4-12(2)5-7-14/h4-7,9-11H,3,8H2,1-2H3,(H,18,19). The molecule has 1 aromatic heterocycles. The quantitative estimate of drug-likeness (QED) is 0.906. The molecule has 4 heteroatoms. The smallest absolute Gasteiger partial charge is 0.252 e. The molecule has 0 aliphatic carbocycles. The second kappa shape index (κ2) is 6.70. The highest BCUT2D eigenvalue weighted by Crippen LogP contribution is 2.21. The number of hydrogen-bond donors (Lipinski definition) is 1. The third-order valence-corrected chi connectivity index (χ3v) is 2.77. The largest absolute Gasteiger partial charge is 0.456 e. The number of carbonyl (C=O) groups excluding carboxylic acids is 1. The zero-order valence-electron chi connectivity index (χ0n) is 11.7. The van der Waals surface area contributed by atoms with Gasteiger partial charge in [-0.15, -0.1) is 0 Å². The molecule has 0 fully saturated rings. The first kappa shape index (κ1) is 14.1. The maximum Gasteiger partial charge on any atom is 0.252 e. The number of benzene rings is 1. The van der Waals surface area contributed by atoms with E-state index >= 15 is 0 Å². The molecule has 1 N–H and O–H groups in total. The Labute approximate surface area is 118 Å². The highest BCUT2D eigenvalue weighted by molar-refractivity contribution is 5.94. The molecule has 0 atom stereocenters. The predicted molar refractivity (Wildman–Crippen MR) is 78.1 cm³/mol. The van der Waals surface area contributed by atoms with Crippen molar-refractivity contribution in [3.8, 4) is 11.5 Å². The van der Waals surface area contributed by atoms with Crippen LogP contribution in [0.15, 0.2) is 42.7 Å². The maximum atomic E-state index is 11.8. The van der Waals surface area contributed by atoms with E-state index in [-0.39, 0.29) is 5.91 Å².